The van der Waals surface area contributed by atoms with E-state index in [1.165, 1.54) is 6.07 Å². The van der Waals surface area contributed by atoms with Crippen LogP contribution < -0.4 is 19.4 Å². The summed E-state index contributed by atoms with van der Waals surface area (Å²) in [5, 5.41) is 2.22. The second kappa shape index (κ2) is 11.4. The number of imide groups is 1. The maximum absolute atomic E-state index is 14.0. The normalized spacial score (nSPS) is 19.9. The highest BCUT2D eigenvalue weighted by Gasteiger charge is 2.60. The van der Waals surface area contributed by atoms with Crippen LogP contribution in [0.2, 0.25) is 10.0 Å². The minimum Gasteiger partial charge on any atom is -0.490 e. The molecule has 41 heavy (non-hydrogen) atoms. The zero-order valence-corrected chi connectivity index (χ0v) is 23.6. The van der Waals surface area contributed by atoms with Crippen LogP contribution in [0.15, 0.2) is 97.1 Å². The summed E-state index contributed by atoms with van der Waals surface area (Å²) < 4.78 is 12.1. The highest BCUT2D eigenvalue weighted by molar-refractivity contribution is 6.42. The third-order valence-corrected chi connectivity index (χ3v) is 7.87. The van der Waals surface area contributed by atoms with Gasteiger partial charge in [-0.2, -0.15) is 0 Å². The number of rotatable bonds is 8. The van der Waals surface area contributed by atoms with Crippen LogP contribution >= 0.6 is 23.2 Å². The van der Waals surface area contributed by atoms with Gasteiger partial charge >= 0.3 is 0 Å². The molecule has 208 valence electrons. The minimum absolute atomic E-state index is 0.248. The number of para-hydroxylation sites is 1. The molecule has 4 aromatic rings. The van der Waals surface area contributed by atoms with Gasteiger partial charge in [0.25, 0.3) is 5.91 Å². The van der Waals surface area contributed by atoms with Crippen LogP contribution in [0.1, 0.15) is 24.1 Å². The Morgan fingerprint density at radius 2 is 1.49 bits per heavy atom. The Morgan fingerprint density at radius 3 is 2.20 bits per heavy atom. The van der Waals surface area contributed by atoms with Gasteiger partial charge in [0.05, 0.1) is 34.1 Å². The van der Waals surface area contributed by atoms with Gasteiger partial charge in [-0.25, -0.2) is 9.96 Å². The number of carbonyl (C=O) groups is 2. The third kappa shape index (κ3) is 5.12. The zero-order chi connectivity index (χ0) is 28.5. The molecule has 3 atom stereocenters. The fraction of sp³-hybridized carbons (Fsp3) is 0.188. The fourth-order valence-corrected chi connectivity index (χ4v) is 5.55. The van der Waals surface area contributed by atoms with Crippen LogP contribution in [0.3, 0.4) is 0 Å². The summed E-state index contributed by atoms with van der Waals surface area (Å²) in [6.07, 6.45) is -1.02. The highest BCUT2D eigenvalue weighted by Crippen LogP contribution is 2.49. The number of halogens is 2. The van der Waals surface area contributed by atoms with Crippen LogP contribution in [0.5, 0.6) is 11.5 Å². The molecular formula is C32H26Cl2N2O5. The van der Waals surface area contributed by atoms with E-state index in [4.69, 9.17) is 37.5 Å². The van der Waals surface area contributed by atoms with E-state index in [2.05, 4.69) is 0 Å². The first kappa shape index (κ1) is 27.1. The van der Waals surface area contributed by atoms with E-state index in [0.29, 0.717) is 35.4 Å². The Kier molecular flexibility index (Phi) is 7.58. The summed E-state index contributed by atoms with van der Waals surface area (Å²) in [6.45, 7) is 2.69. The largest absolute Gasteiger partial charge is 0.490 e. The molecule has 2 amide bonds. The molecule has 0 spiro atoms. The van der Waals surface area contributed by atoms with Crippen molar-refractivity contribution in [1.29, 1.82) is 0 Å². The van der Waals surface area contributed by atoms with Gasteiger partial charge in [0.15, 0.2) is 17.6 Å². The molecule has 7 nitrogen and oxygen atoms in total. The summed E-state index contributed by atoms with van der Waals surface area (Å²) >= 11 is 12.3. The first-order valence-corrected chi connectivity index (χ1v) is 14.0. The van der Waals surface area contributed by atoms with Crippen LogP contribution in [-0.4, -0.2) is 24.5 Å². The molecule has 0 saturated carbocycles. The van der Waals surface area contributed by atoms with Crippen LogP contribution in [0, 0.1) is 5.92 Å². The number of benzene rings is 4. The molecule has 6 rings (SSSR count). The van der Waals surface area contributed by atoms with Crippen molar-refractivity contribution in [1.82, 2.24) is 0 Å². The Labute approximate surface area is 247 Å². The van der Waals surface area contributed by atoms with Gasteiger partial charge in [-0.1, -0.05) is 77.8 Å². The topological polar surface area (TPSA) is 68.3 Å². The van der Waals surface area contributed by atoms with Gasteiger partial charge in [-0.15, -0.1) is 0 Å². The fourth-order valence-electron chi connectivity index (χ4n) is 5.26. The van der Waals surface area contributed by atoms with E-state index in [1.54, 1.807) is 17.2 Å². The Balaban J connectivity index is 1.38. The predicted molar refractivity (Wildman–Crippen MR) is 157 cm³/mol. The predicted octanol–water partition coefficient (Wildman–Crippen LogP) is 7.02. The van der Waals surface area contributed by atoms with Gasteiger partial charge in [0, 0.05) is 0 Å². The standard InChI is InChI=1S/C32H26Cl2N2O5/c1-2-39-27-17-21(13-16-26(27)40-19-20-9-5-3-6-10-20)29-28-30(41-36(29)22-11-7-4-8-12-22)32(38)35(31(28)37)23-14-15-24(33)25(34)18-23/h3-18,28-30H,2,19H2,1H3/t28-,29+,30-/m0/s1. The second-order valence-corrected chi connectivity index (χ2v) is 10.5. The van der Waals surface area contributed by atoms with Crippen molar-refractivity contribution in [2.24, 2.45) is 5.92 Å². The number of anilines is 2. The minimum atomic E-state index is -1.02. The average Bonchev–Trinajstić information content (AvgIpc) is 3.50. The third-order valence-electron chi connectivity index (χ3n) is 7.13. The van der Waals surface area contributed by atoms with E-state index >= 15 is 0 Å². The lowest BCUT2D eigenvalue weighted by Gasteiger charge is -2.29. The van der Waals surface area contributed by atoms with Crippen LogP contribution in [-0.2, 0) is 21.0 Å². The molecule has 0 N–H and O–H groups in total. The monoisotopic (exact) mass is 588 g/mol. The number of hydrogen-bond donors (Lipinski definition) is 0. The molecule has 2 aliphatic heterocycles. The molecule has 0 bridgehead atoms. The van der Waals surface area contributed by atoms with E-state index in [9.17, 15) is 9.59 Å². The van der Waals surface area contributed by atoms with E-state index < -0.39 is 24.0 Å². The first-order valence-electron chi connectivity index (χ1n) is 13.2. The summed E-state index contributed by atoms with van der Waals surface area (Å²) in [7, 11) is 0. The summed E-state index contributed by atoms with van der Waals surface area (Å²) in [5.41, 5.74) is 2.83. The van der Waals surface area contributed by atoms with Crippen molar-refractivity contribution in [3.05, 3.63) is 118 Å². The zero-order valence-electron chi connectivity index (χ0n) is 22.1. The van der Waals surface area contributed by atoms with Crippen LogP contribution in [0.4, 0.5) is 11.4 Å². The van der Waals surface area contributed by atoms with Gasteiger partial charge in [-0.05, 0) is 60.5 Å². The molecule has 0 aromatic heterocycles. The molecule has 4 aromatic carbocycles. The van der Waals surface area contributed by atoms with Gasteiger partial charge in [0.1, 0.15) is 12.5 Å². The van der Waals surface area contributed by atoms with E-state index in [0.717, 1.165) is 21.7 Å². The molecule has 0 radical (unpaired) electrons. The highest BCUT2D eigenvalue weighted by atomic mass is 35.5. The summed E-state index contributed by atoms with van der Waals surface area (Å²) in [5.74, 6) is -0.551. The maximum atomic E-state index is 14.0. The van der Waals surface area contributed by atoms with Gasteiger partial charge in [-0.3, -0.25) is 14.4 Å². The Bertz CT molecular complexity index is 1580. The second-order valence-electron chi connectivity index (χ2n) is 9.68. The SMILES string of the molecule is CCOc1cc([C@@H]2[C@@H]3C(=O)N(c4ccc(Cl)c(Cl)c4)C(=O)[C@H]3ON2c2ccccc2)ccc1OCc1ccccc1. The Hall–Kier alpha value is -4.04. The van der Waals surface area contributed by atoms with Gasteiger partial charge in [0.2, 0.25) is 5.91 Å². The molecule has 0 unspecified atom stereocenters. The molecule has 9 heteroatoms. The molecule has 2 saturated heterocycles. The molecule has 2 fully saturated rings. The molecule has 2 aliphatic rings. The van der Waals surface area contributed by atoms with Crippen LogP contribution in [0.25, 0.3) is 0 Å². The van der Waals surface area contributed by atoms with Crippen molar-refractivity contribution in [3.8, 4) is 11.5 Å². The lowest BCUT2D eigenvalue weighted by molar-refractivity contribution is -0.126. The van der Waals surface area contributed by atoms with Crippen molar-refractivity contribution in [2.45, 2.75) is 25.7 Å². The number of carbonyl (C=O) groups excluding carboxylic acids is 2. The molecule has 2 heterocycles. The maximum Gasteiger partial charge on any atom is 0.266 e. The number of ether oxygens (including phenoxy) is 2. The lowest BCUT2D eigenvalue weighted by Crippen LogP contribution is -2.37. The van der Waals surface area contributed by atoms with Gasteiger partial charge < -0.3 is 9.47 Å². The van der Waals surface area contributed by atoms with E-state index in [-0.39, 0.29) is 10.9 Å². The van der Waals surface area contributed by atoms with Crippen molar-refractivity contribution < 1.29 is 23.9 Å². The van der Waals surface area contributed by atoms with E-state index in [1.807, 2.05) is 85.8 Å². The number of hydroxylamine groups is 1. The quantitative estimate of drug-likeness (QED) is 0.206. The lowest BCUT2D eigenvalue weighted by atomic mass is 9.90. The van der Waals surface area contributed by atoms with Crippen molar-refractivity contribution in [3.63, 3.8) is 0 Å². The number of nitrogens with zero attached hydrogens (tertiary/aromatic N) is 2. The smallest absolute Gasteiger partial charge is 0.266 e. The number of hydrogen-bond acceptors (Lipinski definition) is 6. The van der Waals surface area contributed by atoms with Crippen molar-refractivity contribution >= 4 is 46.4 Å². The average molecular weight is 589 g/mol. The summed E-state index contributed by atoms with van der Waals surface area (Å²) in [6, 6.07) is 28.9. The number of amides is 2. The summed E-state index contributed by atoms with van der Waals surface area (Å²) in [4.78, 5) is 35.0. The number of fused-ring (bicyclic) bond motifs is 1. The Morgan fingerprint density at radius 1 is 0.756 bits per heavy atom. The molecular weight excluding hydrogens is 563 g/mol. The molecule has 0 aliphatic carbocycles. The first-order chi connectivity index (χ1) is 20.0. The van der Waals surface area contributed by atoms with Crippen molar-refractivity contribution in [2.75, 3.05) is 16.6 Å².